The van der Waals surface area contributed by atoms with Crippen molar-refractivity contribution >= 4 is 5.97 Å². The van der Waals surface area contributed by atoms with Crippen molar-refractivity contribution in [3.8, 4) is 0 Å². The van der Waals surface area contributed by atoms with E-state index in [1.807, 2.05) is 4.90 Å². The Hall–Kier alpha value is -2.35. The minimum atomic E-state index is -0.661. The number of hydrogen-bond acceptors (Lipinski definition) is 6. The van der Waals surface area contributed by atoms with E-state index in [-0.39, 0.29) is 0 Å². The Kier molecular flexibility index (Phi) is 4.57. The van der Waals surface area contributed by atoms with Crippen molar-refractivity contribution in [3.63, 3.8) is 0 Å². The standard InChI is InChI=1S/C16H17F2N3O3/c1-9-19-15(20-24-9)8-21-6-12(13(7-21)16(22)23-2)11-4-3-10(17)5-14(11)18/h3-5,12-13H,6-8H2,1-2H3/t12-,13+/m1/s1. The molecular weight excluding hydrogens is 320 g/mol. The van der Waals surface area contributed by atoms with E-state index in [4.69, 9.17) is 9.26 Å². The molecule has 1 aliphatic rings. The Labute approximate surface area is 137 Å². The third-order valence-corrected chi connectivity index (χ3v) is 4.20. The fourth-order valence-electron chi connectivity index (χ4n) is 3.13. The lowest BCUT2D eigenvalue weighted by molar-refractivity contribution is -0.145. The number of hydrogen-bond donors (Lipinski definition) is 0. The van der Waals surface area contributed by atoms with Crippen LogP contribution in [0.1, 0.15) is 23.2 Å². The number of ether oxygens (including phenoxy) is 1. The van der Waals surface area contributed by atoms with Gasteiger partial charge in [0.05, 0.1) is 19.6 Å². The summed E-state index contributed by atoms with van der Waals surface area (Å²) in [7, 11) is 1.30. The molecule has 1 fully saturated rings. The molecule has 2 atom stereocenters. The lowest BCUT2D eigenvalue weighted by Gasteiger charge is -2.17. The van der Waals surface area contributed by atoms with E-state index >= 15 is 0 Å². The van der Waals surface area contributed by atoms with Crippen LogP contribution < -0.4 is 0 Å². The summed E-state index contributed by atoms with van der Waals surface area (Å²) in [6, 6.07) is 3.40. The molecule has 1 aromatic heterocycles. The number of halogens is 2. The molecule has 2 aromatic rings. The maximum atomic E-state index is 14.2. The highest BCUT2D eigenvalue weighted by atomic mass is 19.1. The number of benzene rings is 1. The largest absolute Gasteiger partial charge is 0.469 e. The van der Waals surface area contributed by atoms with E-state index in [1.165, 1.54) is 19.2 Å². The number of rotatable bonds is 4. The van der Waals surface area contributed by atoms with Crippen LogP contribution in [0.2, 0.25) is 0 Å². The molecule has 2 heterocycles. The van der Waals surface area contributed by atoms with Gasteiger partial charge in [-0.25, -0.2) is 8.78 Å². The first-order valence-electron chi connectivity index (χ1n) is 7.52. The zero-order valence-electron chi connectivity index (χ0n) is 13.3. The number of aryl methyl sites for hydroxylation is 1. The molecule has 0 spiro atoms. The average Bonchev–Trinajstić information content (AvgIpc) is 3.13. The summed E-state index contributed by atoms with van der Waals surface area (Å²) in [6.07, 6.45) is 0. The van der Waals surface area contributed by atoms with Crippen LogP contribution in [0.5, 0.6) is 0 Å². The topological polar surface area (TPSA) is 68.5 Å². The van der Waals surface area contributed by atoms with Crippen molar-refractivity contribution in [1.29, 1.82) is 0 Å². The number of aromatic nitrogens is 2. The van der Waals surface area contributed by atoms with Crippen LogP contribution >= 0.6 is 0 Å². The van der Waals surface area contributed by atoms with E-state index in [9.17, 15) is 13.6 Å². The third kappa shape index (κ3) is 3.28. The summed E-state index contributed by atoms with van der Waals surface area (Å²) in [6.45, 7) is 2.86. The van der Waals surface area contributed by atoms with Gasteiger partial charge < -0.3 is 9.26 Å². The molecule has 3 rings (SSSR count). The van der Waals surface area contributed by atoms with Crippen LogP contribution in [-0.4, -0.2) is 41.2 Å². The van der Waals surface area contributed by atoms with E-state index in [0.717, 1.165) is 6.07 Å². The minimum Gasteiger partial charge on any atom is -0.469 e. The molecule has 0 bridgehead atoms. The van der Waals surface area contributed by atoms with E-state index in [1.54, 1.807) is 6.92 Å². The molecule has 24 heavy (non-hydrogen) atoms. The van der Waals surface area contributed by atoms with E-state index in [2.05, 4.69) is 10.1 Å². The van der Waals surface area contributed by atoms with Gasteiger partial charge in [-0.3, -0.25) is 9.69 Å². The highest BCUT2D eigenvalue weighted by Gasteiger charge is 2.40. The monoisotopic (exact) mass is 337 g/mol. The molecule has 0 aliphatic carbocycles. The number of nitrogens with zero attached hydrogens (tertiary/aromatic N) is 3. The van der Waals surface area contributed by atoms with Crippen molar-refractivity contribution in [2.24, 2.45) is 5.92 Å². The van der Waals surface area contributed by atoms with Crippen LogP contribution in [0, 0.1) is 24.5 Å². The highest BCUT2D eigenvalue weighted by molar-refractivity contribution is 5.74. The molecule has 8 heteroatoms. The summed E-state index contributed by atoms with van der Waals surface area (Å²) in [5.41, 5.74) is 0.304. The van der Waals surface area contributed by atoms with E-state index in [0.29, 0.717) is 36.9 Å². The molecule has 128 valence electrons. The zero-order chi connectivity index (χ0) is 17.3. The predicted octanol–water partition coefficient (Wildman–Crippen LogP) is 2.04. The quantitative estimate of drug-likeness (QED) is 0.796. The number of carbonyl (C=O) groups excluding carboxylic acids is 1. The highest BCUT2D eigenvalue weighted by Crippen LogP contribution is 2.35. The minimum absolute atomic E-state index is 0.304. The van der Waals surface area contributed by atoms with Crippen molar-refractivity contribution in [2.75, 3.05) is 20.2 Å². The first-order valence-corrected chi connectivity index (χ1v) is 7.52. The lowest BCUT2D eigenvalue weighted by atomic mass is 9.88. The first-order chi connectivity index (χ1) is 11.5. The Balaban J connectivity index is 1.84. The van der Waals surface area contributed by atoms with Crippen LogP contribution in [0.4, 0.5) is 8.78 Å². The molecule has 0 amide bonds. The lowest BCUT2D eigenvalue weighted by Crippen LogP contribution is -2.25. The van der Waals surface area contributed by atoms with Crippen molar-refractivity contribution < 1.29 is 22.8 Å². The molecule has 0 N–H and O–H groups in total. The summed E-state index contributed by atoms with van der Waals surface area (Å²) in [4.78, 5) is 18.1. The van der Waals surface area contributed by atoms with Gasteiger partial charge in [-0.05, 0) is 11.6 Å². The SMILES string of the molecule is COC(=O)[C@H]1CN(Cc2noc(C)n2)C[C@@H]1c1ccc(F)cc1F. The van der Waals surface area contributed by atoms with Gasteiger partial charge in [0.25, 0.3) is 0 Å². The zero-order valence-corrected chi connectivity index (χ0v) is 13.3. The second-order valence-corrected chi connectivity index (χ2v) is 5.83. The summed E-state index contributed by atoms with van der Waals surface area (Å²) < 4.78 is 37.1. The van der Waals surface area contributed by atoms with Gasteiger partial charge >= 0.3 is 5.97 Å². The molecular formula is C16H17F2N3O3. The van der Waals surface area contributed by atoms with E-state index < -0.39 is 29.4 Å². The molecule has 1 aliphatic heterocycles. The number of esters is 1. The third-order valence-electron chi connectivity index (χ3n) is 4.20. The average molecular weight is 337 g/mol. The number of likely N-dealkylation sites (tertiary alicyclic amines) is 1. The van der Waals surface area contributed by atoms with Gasteiger partial charge in [-0.2, -0.15) is 4.98 Å². The van der Waals surface area contributed by atoms with Crippen molar-refractivity contribution in [3.05, 3.63) is 47.1 Å². The molecule has 0 saturated carbocycles. The first kappa shape index (κ1) is 16.5. The second-order valence-electron chi connectivity index (χ2n) is 5.83. The fourth-order valence-corrected chi connectivity index (χ4v) is 3.13. The summed E-state index contributed by atoms with van der Waals surface area (Å²) in [5, 5.41) is 3.83. The molecule has 1 saturated heterocycles. The fraction of sp³-hybridized carbons (Fsp3) is 0.438. The Morgan fingerprint density at radius 3 is 2.83 bits per heavy atom. The number of carbonyl (C=O) groups is 1. The molecule has 0 radical (unpaired) electrons. The molecule has 1 aromatic carbocycles. The van der Waals surface area contributed by atoms with Crippen LogP contribution in [-0.2, 0) is 16.1 Å². The molecule has 6 nitrogen and oxygen atoms in total. The van der Waals surface area contributed by atoms with Gasteiger partial charge in [-0.1, -0.05) is 11.2 Å². The van der Waals surface area contributed by atoms with Crippen LogP contribution in [0.25, 0.3) is 0 Å². The predicted molar refractivity (Wildman–Crippen MR) is 78.9 cm³/mol. The Morgan fingerprint density at radius 1 is 1.42 bits per heavy atom. The maximum Gasteiger partial charge on any atom is 0.310 e. The van der Waals surface area contributed by atoms with Gasteiger partial charge in [0, 0.05) is 32.0 Å². The summed E-state index contributed by atoms with van der Waals surface area (Å²) >= 11 is 0. The second kappa shape index (κ2) is 6.64. The Morgan fingerprint density at radius 2 is 2.21 bits per heavy atom. The van der Waals surface area contributed by atoms with Crippen molar-refractivity contribution in [1.82, 2.24) is 15.0 Å². The number of methoxy groups -OCH3 is 1. The van der Waals surface area contributed by atoms with Gasteiger partial charge in [0.2, 0.25) is 5.89 Å². The molecule has 0 unspecified atom stereocenters. The van der Waals surface area contributed by atoms with Gasteiger partial charge in [0.1, 0.15) is 11.6 Å². The van der Waals surface area contributed by atoms with Crippen molar-refractivity contribution in [2.45, 2.75) is 19.4 Å². The van der Waals surface area contributed by atoms with Crippen LogP contribution in [0.3, 0.4) is 0 Å². The Bertz CT molecular complexity index is 750. The smallest absolute Gasteiger partial charge is 0.310 e. The maximum absolute atomic E-state index is 14.2. The normalized spacial score (nSPS) is 21.2. The van der Waals surface area contributed by atoms with Gasteiger partial charge in [0.15, 0.2) is 5.82 Å². The van der Waals surface area contributed by atoms with Gasteiger partial charge in [-0.15, -0.1) is 0 Å². The van der Waals surface area contributed by atoms with Crippen LogP contribution in [0.15, 0.2) is 22.7 Å². The summed E-state index contributed by atoms with van der Waals surface area (Å²) in [5.74, 6) is -1.75.